The number of rotatable bonds is 10. The fourth-order valence-electron chi connectivity index (χ4n) is 3.26. The summed E-state index contributed by atoms with van der Waals surface area (Å²) in [6, 6.07) is 20.3. The van der Waals surface area contributed by atoms with Gasteiger partial charge in [0.25, 0.3) is 5.91 Å². The van der Waals surface area contributed by atoms with E-state index in [-0.39, 0.29) is 18.7 Å². The minimum Gasteiger partial charge on any atom is -0.489 e. The van der Waals surface area contributed by atoms with Crippen LogP contribution in [0.4, 0.5) is 0 Å². The van der Waals surface area contributed by atoms with Crippen molar-refractivity contribution in [3.05, 3.63) is 99.5 Å². The number of nitrogens with zero attached hydrogens (tertiary/aromatic N) is 1. The molecule has 1 N–H and O–H groups in total. The van der Waals surface area contributed by atoms with Gasteiger partial charge in [0.05, 0.1) is 7.11 Å². The summed E-state index contributed by atoms with van der Waals surface area (Å²) in [4.78, 5) is 30.1. The van der Waals surface area contributed by atoms with Gasteiger partial charge < -0.3 is 19.6 Å². The highest BCUT2D eigenvalue weighted by Gasteiger charge is 2.25. The average molecular weight is 515 g/mol. The molecule has 0 saturated heterocycles. The van der Waals surface area contributed by atoms with Crippen molar-refractivity contribution in [2.45, 2.75) is 19.1 Å². The molecule has 0 aromatic heterocycles. The predicted molar refractivity (Wildman–Crippen MR) is 135 cm³/mol. The molecule has 35 heavy (non-hydrogen) atoms. The van der Waals surface area contributed by atoms with Gasteiger partial charge in [-0.05, 0) is 29.8 Å². The molecule has 0 radical (unpaired) electrons. The summed E-state index contributed by atoms with van der Waals surface area (Å²) in [7, 11) is 2.61. The maximum absolute atomic E-state index is 12.9. The lowest BCUT2D eigenvalue weighted by atomic mass is 10.0. The number of esters is 1. The molecule has 9 heteroatoms. The van der Waals surface area contributed by atoms with Crippen LogP contribution in [-0.2, 0) is 32.2 Å². The SMILES string of the molecule is CON=C(C(=O)N[C@@H](Cc1ccc(OCc2c(Cl)cccc2Cl)cc1)C(=O)OC)c1ccccc1. The van der Waals surface area contributed by atoms with Crippen LogP contribution in [0.5, 0.6) is 5.75 Å². The second kappa shape index (κ2) is 12.8. The van der Waals surface area contributed by atoms with E-state index in [2.05, 4.69) is 10.5 Å². The number of oxime groups is 1. The molecule has 182 valence electrons. The van der Waals surface area contributed by atoms with Crippen molar-refractivity contribution in [3.8, 4) is 5.75 Å². The van der Waals surface area contributed by atoms with Crippen molar-refractivity contribution in [1.29, 1.82) is 0 Å². The molecule has 0 bridgehead atoms. The summed E-state index contributed by atoms with van der Waals surface area (Å²) in [5.41, 5.74) is 2.08. The molecule has 0 aliphatic carbocycles. The smallest absolute Gasteiger partial charge is 0.328 e. The second-order valence-corrected chi connectivity index (χ2v) is 8.19. The van der Waals surface area contributed by atoms with Crippen LogP contribution < -0.4 is 10.1 Å². The van der Waals surface area contributed by atoms with Crippen LogP contribution in [0.15, 0.2) is 78.0 Å². The van der Waals surface area contributed by atoms with E-state index in [1.807, 2.05) is 6.07 Å². The number of carbonyl (C=O) groups excluding carboxylic acids is 2. The van der Waals surface area contributed by atoms with Gasteiger partial charge in [-0.2, -0.15) is 0 Å². The molecule has 3 aromatic rings. The Balaban J connectivity index is 1.69. The molecule has 0 spiro atoms. The summed E-state index contributed by atoms with van der Waals surface area (Å²) in [6.45, 7) is 0.208. The van der Waals surface area contributed by atoms with Gasteiger partial charge in [-0.3, -0.25) is 4.79 Å². The monoisotopic (exact) mass is 514 g/mol. The lowest BCUT2D eigenvalue weighted by Crippen LogP contribution is -2.46. The number of ether oxygens (including phenoxy) is 2. The van der Waals surface area contributed by atoms with E-state index < -0.39 is 17.9 Å². The highest BCUT2D eigenvalue weighted by molar-refractivity contribution is 6.45. The van der Waals surface area contributed by atoms with Crippen molar-refractivity contribution in [2.24, 2.45) is 5.16 Å². The lowest BCUT2D eigenvalue weighted by molar-refractivity contribution is -0.144. The number of halogens is 2. The number of nitrogens with one attached hydrogen (secondary N) is 1. The largest absolute Gasteiger partial charge is 0.489 e. The first-order valence-corrected chi connectivity index (χ1v) is 11.4. The summed E-state index contributed by atoms with van der Waals surface area (Å²) in [5.74, 6) is -0.552. The Labute approximate surface area is 213 Å². The van der Waals surface area contributed by atoms with Gasteiger partial charge in [-0.25, -0.2) is 4.79 Å². The molecule has 0 fully saturated rings. The number of benzene rings is 3. The van der Waals surface area contributed by atoms with E-state index in [0.717, 1.165) is 5.56 Å². The minimum atomic E-state index is -0.938. The van der Waals surface area contributed by atoms with Crippen molar-refractivity contribution < 1.29 is 23.9 Å². The number of amides is 1. The van der Waals surface area contributed by atoms with Crippen molar-refractivity contribution in [3.63, 3.8) is 0 Å². The van der Waals surface area contributed by atoms with Crippen LogP contribution >= 0.6 is 23.2 Å². The molecule has 3 rings (SSSR count). The van der Waals surface area contributed by atoms with Gasteiger partial charge in [0.15, 0.2) is 5.71 Å². The summed E-state index contributed by atoms with van der Waals surface area (Å²) in [5, 5.41) is 7.57. The Morgan fingerprint density at radius 2 is 1.57 bits per heavy atom. The van der Waals surface area contributed by atoms with Gasteiger partial charge in [0.2, 0.25) is 0 Å². The highest BCUT2D eigenvalue weighted by atomic mass is 35.5. The average Bonchev–Trinajstić information content (AvgIpc) is 2.87. The molecule has 1 atom stereocenters. The molecule has 0 unspecified atom stereocenters. The zero-order valence-corrected chi connectivity index (χ0v) is 20.7. The first kappa shape index (κ1) is 26.1. The Morgan fingerprint density at radius 3 is 2.17 bits per heavy atom. The first-order valence-electron chi connectivity index (χ1n) is 10.6. The summed E-state index contributed by atoms with van der Waals surface area (Å²) < 4.78 is 10.7. The van der Waals surface area contributed by atoms with Crippen LogP contribution in [0.1, 0.15) is 16.7 Å². The minimum absolute atomic E-state index is 0.0454. The fourth-order valence-corrected chi connectivity index (χ4v) is 3.76. The van der Waals surface area contributed by atoms with Crippen LogP contribution in [0.25, 0.3) is 0 Å². The van der Waals surface area contributed by atoms with E-state index in [1.165, 1.54) is 14.2 Å². The van der Waals surface area contributed by atoms with Crippen LogP contribution in [0.3, 0.4) is 0 Å². The lowest BCUT2D eigenvalue weighted by Gasteiger charge is -2.17. The number of carbonyl (C=O) groups is 2. The van der Waals surface area contributed by atoms with Crippen LogP contribution in [0, 0.1) is 0 Å². The fraction of sp³-hybridized carbons (Fsp3) is 0.192. The Bertz CT molecular complexity index is 1160. The molecule has 0 aliphatic heterocycles. The molecule has 0 aliphatic rings. The summed E-state index contributed by atoms with van der Waals surface area (Å²) in [6.07, 6.45) is 0.198. The molecule has 0 heterocycles. The molecule has 7 nitrogen and oxygen atoms in total. The van der Waals surface area contributed by atoms with Crippen molar-refractivity contribution in [2.75, 3.05) is 14.2 Å². The van der Waals surface area contributed by atoms with E-state index in [1.54, 1.807) is 66.7 Å². The zero-order valence-electron chi connectivity index (χ0n) is 19.2. The molecule has 0 saturated carbocycles. The maximum Gasteiger partial charge on any atom is 0.328 e. The molecule has 3 aromatic carbocycles. The van der Waals surface area contributed by atoms with Gasteiger partial charge in [-0.15, -0.1) is 0 Å². The normalized spacial score (nSPS) is 11.9. The van der Waals surface area contributed by atoms with Gasteiger partial charge >= 0.3 is 5.97 Å². The third-order valence-electron chi connectivity index (χ3n) is 5.04. The highest BCUT2D eigenvalue weighted by Crippen LogP contribution is 2.26. The van der Waals surface area contributed by atoms with Crippen molar-refractivity contribution in [1.82, 2.24) is 5.32 Å². The van der Waals surface area contributed by atoms with E-state index in [9.17, 15) is 9.59 Å². The first-order chi connectivity index (χ1) is 16.9. The Kier molecular flexibility index (Phi) is 9.52. The standard InChI is InChI=1S/C26H24Cl2N2O5/c1-33-26(32)23(29-25(31)24(30-34-2)18-7-4-3-5-8-18)15-17-11-13-19(14-12-17)35-16-20-21(27)9-6-10-22(20)28/h3-14,23H,15-16H2,1-2H3,(H,29,31)/t23-/m0/s1. The Hall–Kier alpha value is -3.55. The molecular formula is C26H24Cl2N2O5. The molecule has 1 amide bonds. The topological polar surface area (TPSA) is 86.2 Å². The van der Waals surface area contributed by atoms with Gasteiger partial charge in [0.1, 0.15) is 25.5 Å². The van der Waals surface area contributed by atoms with Crippen LogP contribution in [-0.4, -0.2) is 37.8 Å². The maximum atomic E-state index is 12.9. The third-order valence-corrected chi connectivity index (χ3v) is 5.75. The third kappa shape index (κ3) is 7.21. The van der Waals surface area contributed by atoms with Crippen LogP contribution in [0.2, 0.25) is 10.0 Å². The van der Waals surface area contributed by atoms with Gasteiger partial charge in [0, 0.05) is 27.6 Å². The quantitative estimate of drug-likeness (QED) is 0.238. The Morgan fingerprint density at radius 1 is 0.914 bits per heavy atom. The van der Waals surface area contributed by atoms with Gasteiger partial charge in [-0.1, -0.05) is 76.9 Å². The second-order valence-electron chi connectivity index (χ2n) is 7.37. The number of hydrogen-bond donors (Lipinski definition) is 1. The van der Waals surface area contributed by atoms with E-state index in [0.29, 0.717) is 26.9 Å². The molecular weight excluding hydrogens is 491 g/mol. The predicted octanol–water partition coefficient (Wildman–Crippen LogP) is 4.82. The zero-order chi connectivity index (χ0) is 25.2. The summed E-state index contributed by atoms with van der Waals surface area (Å²) >= 11 is 12.4. The van der Waals surface area contributed by atoms with E-state index >= 15 is 0 Å². The number of hydrogen-bond acceptors (Lipinski definition) is 6. The van der Waals surface area contributed by atoms with Crippen molar-refractivity contribution >= 4 is 40.8 Å². The van der Waals surface area contributed by atoms with E-state index in [4.69, 9.17) is 37.5 Å². The number of methoxy groups -OCH3 is 1.